The van der Waals surface area contributed by atoms with Crippen LogP contribution in [0.1, 0.15) is 91.9 Å². The second-order valence-electron chi connectivity index (χ2n) is 9.24. The molecule has 0 saturated carbocycles. The van der Waals surface area contributed by atoms with Crippen LogP contribution in [-0.4, -0.2) is 60.3 Å². The van der Waals surface area contributed by atoms with Gasteiger partial charge in [0.25, 0.3) is 0 Å². The average Bonchev–Trinajstić information content (AvgIpc) is 3.80. The fourth-order valence-corrected chi connectivity index (χ4v) is 4.74. The van der Waals surface area contributed by atoms with E-state index in [-0.39, 0.29) is 111 Å². The maximum absolute atomic E-state index is 13.2. The summed E-state index contributed by atoms with van der Waals surface area (Å²) in [5.74, 6) is -2.80. The van der Waals surface area contributed by atoms with E-state index in [1.165, 1.54) is 0 Å². The third-order valence-corrected chi connectivity index (χ3v) is 6.53. The predicted octanol–water partition coefficient (Wildman–Crippen LogP) is 4.62. The van der Waals surface area contributed by atoms with Crippen molar-refractivity contribution < 1.29 is 55.2 Å². The molecule has 0 amide bonds. The molecule has 0 unspecified atom stereocenters. The van der Waals surface area contributed by atoms with Crippen LogP contribution in [0.4, 0.5) is 0 Å². The summed E-state index contributed by atoms with van der Waals surface area (Å²) < 4.78 is 21.3. The Morgan fingerprint density at radius 2 is 0.711 bits per heavy atom. The Balaban J connectivity index is 0.00000461. The Bertz CT molecular complexity index is 1640. The van der Waals surface area contributed by atoms with E-state index >= 15 is 0 Å². The standard InChI is InChI=1S/C32H29N4O8.Cu/c1-5-41-29(37)25-17-9-11-19(33-17)26(30(38)42-6-2)21-13-15-23(35-21)28(32(40)44-8-4)24-16-14-22(36-24)27(31(39)43-7-3)20-12-10-18(25)34-20;/h9-16H,5-8H2,1-4H3,(H-,33,34,35,36,37,38,39,40);/q-1;+2/p-1. The Kier molecular flexibility index (Phi) is 10.4. The summed E-state index contributed by atoms with van der Waals surface area (Å²) in [6.45, 7) is 7.01. The van der Waals surface area contributed by atoms with Crippen molar-refractivity contribution in [1.29, 1.82) is 0 Å². The summed E-state index contributed by atoms with van der Waals surface area (Å²) in [6.07, 6.45) is 6.20. The van der Waals surface area contributed by atoms with Crippen LogP contribution < -0.4 is 9.97 Å². The maximum Gasteiger partial charge on any atom is 2.00 e. The van der Waals surface area contributed by atoms with E-state index < -0.39 is 23.9 Å². The van der Waals surface area contributed by atoms with E-state index in [0.29, 0.717) is 0 Å². The molecule has 0 fully saturated rings. The van der Waals surface area contributed by atoms with Crippen molar-refractivity contribution in [1.82, 2.24) is 19.9 Å². The van der Waals surface area contributed by atoms with Gasteiger partial charge < -0.3 is 28.9 Å². The molecule has 1 radical (unpaired) electrons. The molecule has 5 heterocycles. The SMILES string of the molecule is CCOC(=O)c1c2nc(c(C(=O)OCC)c3ccc([n-]3)c(C(=O)OCC)c3nc(c(C(=O)OCC)c4ccc1[n-]4)C=C3)C=C2.[Cu+2]. The number of nitrogens with zero attached hydrogens (tertiary/aromatic N) is 4. The van der Waals surface area contributed by atoms with Gasteiger partial charge in [0.1, 0.15) is 0 Å². The predicted molar refractivity (Wildman–Crippen MR) is 161 cm³/mol. The maximum atomic E-state index is 13.2. The van der Waals surface area contributed by atoms with E-state index in [2.05, 4.69) is 19.9 Å². The molecule has 0 aromatic carbocycles. The topological polar surface area (TPSA) is 159 Å². The van der Waals surface area contributed by atoms with Crippen molar-refractivity contribution in [2.75, 3.05) is 26.4 Å². The number of fused-ring (bicyclic) bond motifs is 8. The molecule has 12 nitrogen and oxygen atoms in total. The van der Waals surface area contributed by atoms with Crippen molar-refractivity contribution in [3.05, 3.63) is 69.3 Å². The molecule has 0 saturated heterocycles. The van der Waals surface area contributed by atoms with Crippen LogP contribution in [-0.2, 0) is 36.0 Å². The minimum atomic E-state index is -0.700. The molecule has 235 valence electrons. The normalized spacial score (nSPS) is 11.5. The van der Waals surface area contributed by atoms with Gasteiger partial charge in [-0.25, -0.2) is 29.1 Å². The van der Waals surface area contributed by atoms with Crippen molar-refractivity contribution in [2.24, 2.45) is 0 Å². The minimum absolute atomic E-state index is 0. The number of ether oxygens (including phenoxy) is 4. The first kappa shape index (κ1) is 32.9. The molecular weight excluding hydrogens is 632 g/mol. The Hall–Kier alpha value is -5.00. The molecule has 45 heavy (non-hydrogen) atoms. The number of aromatic nitrogens is 4. The van der Waals surface area contributed by atoms with Crippen LogP contribution in [0, 0.1) is 0 Å². The molecular formula is C32H28CuN4O8. The average molecular weight is 660 g/mol. The largest absolute Gasteiger partial charge is 2.00 e. The zero-order chi connectivity index (χ0) is 31.4. The first-order chi connectivity index (χ1) is 21.3. The van der Waals surface area contributed by atoms with Crippen molar-refractivity contribution in [3.8, 4) is 0 Å². The van der Waals surface area contributed by atoms with E-state index in [1.54, 1.807) is 76.3 Å². The van der Waals surface area contributed by atoms with Gasteiger partial charge >= 0.3 is 40.9 Å². The summed E-state index contributed by atoms with van der Waals surface area (Å²) in [5, 5.41) is 0. The summed E-state index contributed by atoms with van der Waals surface area (Å²) in [5.41, 5.74) is 1.49. The van der Waals surface area contributed by atoms with Crippen LogP contribution in [0.2, 0.25) is 0 Å². The van der Waals surface area contributed by atoms with Gasteiger partial charge in [-0.15, -0.1) is 22.1 Å². The minimum Gasteiger partial charge on any atom is -0.656 e. The first-order valence-electron chi connectivity index (χ1n) is 14.0. The number of hydrogen-bond acceptors (Lipinski definition) is 10. The van der Waals surface area contributed by atoms with Crippen molar-refractivity contribution in [2.45, 2.75) is 27.7 Å². The first-order valence-corrected chi connectivity index (χ1v) is 14.0. The zero-order valence-corrected chi connectivity index (χ0v) is 25.7. The van der Waals surface area contributed by atoms with E-state index in [9.17, 15) is 19.2 Å². The quantitative estimate of drug-likeness (QED) is 0.129. The van der Waals surface area contributed by atoms with Crippen LogP contribution in [0.25, 0.3) is 46.4 Å². The van der Waals surface area contributed by atoms with Crippen molar-refractivity contribution in [3.63, 3.8) is 0 Å². The zero-order valence-electron chi connectivity index (χ0n) is 24.8. The van der Waals surface area contributed by atoms with Gasteiger partial charge in [0, 0.05) is 0 Å². The summed E-state index contributed by atoms with van der Waals surface area (Å²) >= 11 is 0. The van der Waals surface area contributed by atoms with Crippen LogP contribution in [0.3, 0.4) is 0 Å². The Labute approximate surface area is 268 Å². The fraction of sp³-hybridized carbons (Fsp3) is 0.250. The summed E-state index contributed by atoms with van der Waals surface area (Å²) in [4.78, 5) is 71.3. The van der Waals surface area contributed by atoms with Crippen LogP contribution >= 0.6 is 0 Å². The van der Waals surface area contributed by atoms with Crippen LogP contribution in [0.5, 0.6) is 0 Å². The second-order valence-corrected chi connectivity index (χ2v) is 9.24. The van der Waals surface area contributed by atoms with Gasteiger partial charge in [-0.2, -0.15) is 0 Å². The summed E-state index contributed by atoms with van der Waals surface area (Å²) in [7, 11) is 0. The van der Waals surface area contributed by atoms with Gasteiger partial charge in [0.05, 0.1) is 71.5 Å². The third-order valence-electron chi connectivity index (χ3n) is 6.53. The van der Waals surface area contributed by atoms with Gasteiger partial charge in [-0.05, 0) is 52.0 Å². The molecule has 0 N–H and O–H groups in total. The number of rotatable bonds is 8. The van der Waals surface area contributed by atoms with Gasteiger partial charge in [-0.1, -0.05) is 24.3 Å². The number of carbonyl (C=O) groups is 4. The molecule has 2 aliphatic heterocycles. The number of esters is 4. The molecule has 13 heteroatoms. The number of hydrogen-bond donors (Lipinski definition) is 0. The fourth-order valence-electron chi connectivity index (χ4n) is 4.74. The smallest absolute Gasteiger partial charge is 0.656 e. The van der Waals surface area contributed by atoms with E-state index in [4.69, 9.17) is 18.9 Å². The van der Waals surface area contributed by atoms with E-state index in [1.807, 2.05) is 0 Å². The molecule has 0 spiro atoms. The molecule has 2 aliphatic rings. The molecule has 3 aromatic rings. The molecule has 8 bridgehead atoms. The van der Waals surface area contributed by atoms with Gasteiger partial charge in [0.2, 0.25) is 0 Å². The third kappa shape index (κ3) is 6.45. The Morgan fingerprint density at radius 3 is 0.911 bits per heavy atom. The molecule has 0 aliphatic carbocycles. The molecule has 3 aromatic heterocycles. The Morgan fingerprint density at radius 1 is 0.489 bits per heavy atom. The van der Waals surface area contributed by atoms with Gasteiger partial charge in [0.15, 0.2) is 0 Å². The van der Waals surface area contributed by atoms with Gasteiger partial charge in [-0.3, -0.25) is 0 Å². The second kappa shape index (κ2) is 14.2. The molecule has 0 atom stereocenters. The van der Waals surface area contributed by atoms with Crippen molar-refractivity contribution >= 4 is 70.2 Å². The molecule has 5 rings (SSSR count). The number of carbonyl (C=O) groups excluding carboxylic acids is 4. The van der Waals surface area contributed by atoms with Crippen LogP contribution in [0.15, 0.2) is 24.3 Å². The summed E-state index contributed by atoms with van der Waals surface area (Å²) in [6, 6.07) is 6.20. The monoisotopic (exact) mass is 659 g/mol. The van der Waals surface area contributed by atoms with E-state index in [0.717, 1.165) is 0 Å².